The summed E-state index contributed by atoms with van der Waals surface area (Å²) in [5, 5.41) is 3.21. The van der Waals surface area contributed by atoms with Crippen molar-refractivity contribution in [2.75, 3.05) is 13.1 Å². The highest BCUT2D eigenvalue weighted by Crippen LogP contribution is 2.38. The van der Waals surface area contributed by atoms with E-state index in [2.05, 4.69) is 34.6 Å². The van der Waals surface area contributed by atoms with Crippen LogP contribution in [0.2, 0.25) is 0 Å². The van der Waals surface area contributed by atoms with Gasteiger partial charge in [-0.2, -0.15) is 0 Å². The summed E-state index contributed by atoms with van der Waals surface area (Å²) in [6.07, 6.45) is 7.10. The van der Waals surface area contributed by atoms with Crippen molar-refractivity contribution in [3.63, 3.8) is 0 Å². The number of amides is 2. The van der Waals surface area contributed by atoms with Gasteiger partial charge in [-0.25, -0.2) is 0 Å². The molecule has 30 heavy (non-hydrogen) atoms. The van der Waals surface area contributed by atoms with E-state index in [1.165, 1.54) is 0 Å². The predicted molar refractivity (Wildman–Crippen MR) is 118 cm³/mol. The molecular weight excluding hydrogens is 374 g/mol. The first kappa shape index (κ1) is 20.6. The fourth-order valence-corrected chi connectivity index (χ4v) is 4.24. The third kappa shape index (κ3) is 4.40. The normalized spacial score (nSPS) is 21.5. The van der Waals surface area contributed by atoms with Crippen molar-refractivity contribution in [1.82, 2.24) is 15.2 Å². The summed E-state index contributed by atoms with van der Waals surface area (Å²) in [4.78, 5) is 32.2. The van der Waals surface area contributed by atoms with E-state index in [4.69, 9.17) is 0 Å². The molecule has 1 aromatic carbocycles. The molecule has 1 saturated heterocycles. The van der Waals surface area contributed by atoms with Gasteiger partial charge in [-0.15, -0.1) is 0 Å². The van der Waals surface area contributed by atoms with Crippen molar-refractivity contribution < 1.29 is 9.59 Å². The van der Waals surface area contributed by atoms with Gasteiger partial charge >= 0.3 is 0 Å². The lowest BCUT2D eigenvalue weighted by Crippen LogP contribution is -2.47. The molecule has 1 aliphatic heterocycles. The molecular formula is C25H31N3O2. The SMILES string of the molecule is CC(C)(C)C(=O)N1CCC(Cc2ccc(-c3cccnc3)cc2)(C(=O)NC2CC2)C1. The van der Waals surface area contributed by atoms with Gasteiger partial charge in [-0.05, 0) is 48.4 Å². The highest BCUT2D eigenvalue weighted by Gasteiger charge is 2.48. The Labute approximate surface area is 178 Å². The van der Waals surface area contributed by atoms with Crippen LogP contribution in [0.25, 0.3) is 11.1 Å². The van der Waals surface area contributed by atoms with E-state index in [1.54, 1.807) is 6.20 Å². The monoisotopic (exact) mass is 405 g/mol. The van der Waals surface area contributed by atoms with Crippen LogP contribution in [0.3, 0.4) is 0 Å². The minimum Gasteiger partial charge on any atom is -0.353 e. The Morgan fingerprint density at radius 3 is 2.47 bits per heavy atom. The third-order valence-corrected chi connectivity index (χ3v) is 6.17. The minimum absolute atomic E-state index is 0.102. The second-order valence-electron chi connectivity index (χ2n) is 9.87. The summed E-state index contributed by atoms with van der Waals surface area (Å²) in [5.74, 6) is 0.223. The first-order chi connectivity index (χ1) is 14.3. The van der Waals surface area contributed by atoms with Crippen molar-refractivity contribution in [3.05, 3.63) is 54.4 Å². The molecule has 0 radical (unpaired) electrons. The van der Waals surface area contributed by atoms with Crippen LogP contribution in [0.4, 0.5) is 0 Å². The maximum Gasteiger partial charge on any atom is 0.228 e. The highest BCUT2D eigenvalue weighted by molar-refractivity contribution is 5.87. The zero-order valence-corrected chi connectivity index (χ0v) is 18.1. The summed E-state index contributed by atoms with van der Waals surface area (Å²) in [6, 6.07) is 12.7. The quantitative estimate of drug-likeness (QED) is 0.822. The molecule has 1 N–H and O–H groups in total. The van der Waals surface area contributed by atoms with Crippen molar-refractivity contribution >= 4 is 11.8 Å². The molecule has 4 rings (SSSR count). The Morgan fingerprint density at radius 1 is 1.13 bits per heavy atom. The van der Waals surface area contributed by atoms with Crippen LogP contribution in [-0.4, -0.2) is 40.8 Å². The van der Waals surface area contributed by atoms with Gasteiger partial charge < -0.3 is 10.2 Å². The average Bonchev–Trinajstić information content (AvgIpc) is 3.44. The van der Waals surface area contributed by atoms with Crippen LogP contribution in [0.15, 0.2) is 48.8 Å². The van der Waals surface area contributed by atoms with E-state index in [9.17, 15) is 9.59 Å². The van der Waals surface area contributed by atoms with E-state index in [0.717, 1.165) is 29.5 Å². The number of hydrogen-bond acceptors (Lipinski definition) is 3. The standard InChI is InChI=1S/C25H31N3O2/c1-24(2,3)23(30)28-14-12-25(17-28,22(29)27-21-10-11-21)15-18-6-8-19(9-7-18)20-5-4-13-26-16-20/h4-9,13,16,21H,10-12,14-15,17H2,1-3H3,(H,27,29). The molecule has 2 fully saturated rings. The molecule has 1 atom stereocenters. The maximum atomic E-state index is 13.3. The summed E-state index contributed by atoms with van der Waals surface area (Å²) in [5.41, 5.74) is 2.32. The smallest absolute Gasteiger partial charge is 0.228 e. The molecule has 1 aromatic heterocycles. The molecule has 5 heteroatoms. The number of pyridine rings is 1. The highest BCUT2D eigenvalue weighted by atomic mass is 16.2. The molecule has 0 spiro atoms. The van der Waals surface area contributed by atoms with Crippen LogP contribution >= 0.6 is 0 Å². The number of aromatic nitrogens is 1. The maximum absolute atomic E-state index is 13.3. The number of nitrogens with one attached hydrogen (secondary N) is 1. The lowest BCUT2D eigenvalue weighted by molar-refractivity contribution is -0.139. The van der Waals surface area contributed by atoms with Gasteiger partial charge in [-0.1, -0.05) is 51.1 Å². The van der Waals surface area contributed by atoms with Gasteiger partial charge in [0.2, 0.25) is 11.8 Å². The van der Waals surface area contributed by atoms with Gasteiger partial charge in [0, 0.05) is 36.9 Å². The van der Waals surface area contributed by atoms with E-state index in [0.29, 0.717) is 32.0 Å². The number of rotatable bonds is 5. The number of carbonyl (C=O) groups excluding carboxylic acids is 2. The molecule has 2 aliphatic rings. The second-order valence-corrected chi connectivity index (χ2v) is 9.87. The largest absolute Gasteiger partial charge is 0.353 e. The Kier molecular flexibility index (Phi) is 5.39. The molecule has 0 bridgehead atoms. The summed E-state index contributed by atoms with van der Waals surface area (Å²) >= 11 is 0. The van der Waals surface area contributed by atoms with Crippen molar-refractivity contribution in [1.29, 1.82) is 0 Å². The zero-order chi connectivity index (χ0) is 21.4. The average molecular weight is 406 g/mol. The van der Waals surface area contributed by atoms with Crippen LogP contribution in [0.5, 0.6) is 0 Å². The minimum atomic E-state index is -0.556. The topological polar surface area (TPSA) is 62.3 Å². The first-order valence-electron chi connectivity index (χ1n) is 10.9. The van der Waals surface area contributed by atoms with Crippen molar-refractivity contribution in [2.24, 2.45) is 10.8 Å². The number of hydrogen-bond donors (Lipinski definition) is 1. The molecule has 158 valence electrons. The number of carbonyl (C=O) groups is 2. The zero-order valence-electron chi connectivity index (χ0n) is 18.1. The molecule has 5 nitrogen and oxygen atoms in total. The summed E-state index contributed by atoms with van der Waals surface area (Å²) in [7, 11) is 0. The Morgan fingerprint density at radius 2 is 1.87 bits per heavy atom. The number of nitrogens with zero attached hydrogens (tertiary/aromatic N) is 2. The van der Waals surface area contributed by atoms with Crippen LogP contribution < -0.4 is 5.32 Å². The number of likely N-dealkylation sites (tertiary alicyclic amines) is 1. The fourth-order valence-electron chi connectivity index (χ4n) is 4.24. The summed E-state index contributed by atoms with van der Waals surface area (Å²) in [6.45, 7) is 6.96. The van der Waals surface area contributed by atoms with E-state index in [-0.39, 0.29) is 11.8 Å². The fraction of sp³-hybridized carbons (Fsp3) is 0.480. The van der Waals surface area contributed by atoms with Crippen LogP contribution in [0.1, 0.15) is 45.6 Å². The van der Waals surface area contributed by atoms with Crippen molar-refractivity contribution in [3.8, 4) is 11.1 Å². The molecule has 1 saturated carbocycles. The van der Waals surface area contributed by atoms with Gasteiger partial charge in [0.1, 0.15) is 0 Å². The van der Waals surface area contributed by atoms with Gasteiger partial charge in [0.05, 0.1) is 5.41 Å². The van der Waals surface area contributed by atoms with Crippen LogP contribution in [-0.2, 0) is 16.0 Å². The van der Waals surface area contributed by atoms with Crippen LogP contribution in [0, 0.1) is 10.8 Å². The van der Waals surface area contributed by atoms with Crippen molar-refractivity contribution in [2.45, 2.75) is 52.5 Å². The van der Waals surface area contributed by atoms with E-state index in [1.807, 2.05) is 44.0 Å². The van der Waals surface area contributed by atoms with Gasteiger partial charge in [-0.3, -0.25) is 14.6 Å². The second kappa shape index (κ2) is 7.86. The predicted octanol–water partition coefficient (Wildman–Crippen LogP) is 3.83. The Balaban J connectivity index is 1.55. The molecule has 2 heterocycles. The lowest BCUT2D eigenvalue weighted by Gasteiger charge is -2.30. The molecule has 2 aromatic rings. The van der Waals surface area contributed by atoms with E-state index < -0.39 is 10.8 Å². The molecule has 1 aliphatic carbocycles. The third-order valence-electron chi connectivity index (χ3n) is 6.17. The molecule has 2 amide bonds. The number of benzene rings is 1. The van der Waals surface area contributed by atoms with Gasteiger partial charge in [0.15, 0.2) is 0 Å². The first-order valence-corrected chi connectivity index (χ1v) is 10.9. The Hall–Kier alpha value is -2.69. The van der Waals surface area contributed by atoms with Gasteiger partial charge in [0.25, 0.3) is 0 Å². The molecule has 1 unspecified atom stereocenters. The lowest BCUT2D eigenvalue weighted by atomic mass is 9.79. The summed E-state index contributed by atoms with van der Waals surface area (Å²) < 4.78 is 0. The van der Waals surface area contributed by atoms with E-state index >= 15 is 0 Å². The Bertz CT molecular complexity index is 914.